The summed E-state index contributed by atoms with van der Waals surface area (Å²) in [5.41, 5.74) is 0.812. The minimum Gasteiger partial charge on any atom is -0.481 e. The number of carboxylic acid groups (broad SMARTS) is 1. The second-order valence-corrected chi connectivity index (χ2v) is 4.63. The number of carbonyl (C=O) groups excluding carboxylic acids is 1. The van der Waals surface area contributed by atoms with Crippen molar-refractivity contribution >= 4 is 28.5 Å². The van der Waals surface area contributed by atoms with Crippen LogP contribution in [-0.4, -0.2) is 28.6 Å². The zero-order valence-electron chi connectivity index (χ0n) is 10.2. The van der Waals surface area contributed by atoms with Crippen molar-refractivity contribution in [1.82, 2.24) is 10.3 Å². The molecule has 0 aliphatic carbocycles. The summed E-state index contributed by atoms with van der Waals surface area (Å²) in [6, 6.07) is -0.261. The van der Waals surface area contributed by atoms with Gasteiger partial charge in [0.1, 0.15) is 0 Å². The van der Waals surface area contributed by atoms with Gasteiger partial charge in [-0.1, -0.05) is 6.92 Å². The number of amides is 2. The first-order valence-electron chi connectivity index (χ1n) is 5.83. The first-order valence-corrected chi connectivity index (χ1v) is 6.70. The Morgan fingerprint density at radius 1 is 1.50 bits per heavy atom. The summed E-state index contributed by atoms with van der Waals surface area (Å²) in [6.45, 7) is 2.60. The molecule has 1 aromatic heterocycles. The van der Waals surface area contributed by atoms with Gasteiger partial charge in [0.2, 0.25) is 0 Å². The van der Waals surface area contributed by atoms with Crippen LogP contribution >= 0.6 is 11.3 Å². The molecule has 0 radical (unpaired) electrons. The van der Waals surface area contributed by atoms with E-state index in [-0.39, 0.29) is 12.5 Å². The maximum absolute atomic E-state index is 11.4. The van der Waals surface area contributed by atoms with Gasteiger partial charge in [-0.3, -0.25) is 10.1 Å². The van der Waals surface area contributed by atoms with E-state index in [0.717, 1.165) is 12.1 Å². The van der Waals surface area contributed by atoms with E-state index < -0.39 is 5.97 Å². The standard InChI is InChI=1S/C11H17N3O3S/c1-2-6-12-10(17)14-11-13-8(7-18-11)4-3-5-9(15)16/h7H,2-6H2,1H3,(H,15,16)(H2,12,13,14,17). The number of rotatable bonds is 7. The van der Waals surface area contributed by atoms with E-state index in [4.69, 9.17) is 5.11 Å². The molecule has 0 aliphatic heterocycles. The number of carboxylic acids is 1. The summed E-state index contributed by atoms with van der Waals surface area (Å²) in [5, 5.41) is 16.2. The zero-order valence-corrected chi connectivity index (χ0v) is 11.0. The normalized spacial score (nSPS) is 10.1. The first kappa shape index (κ1) is 14.4. The third kappa shape index (κ3) is 5.62. The number of carbonyl (C=O) groups is 2. The third-order valence-corrected chi connectivity index (χ3v) is 2.94. The molecule has 0 unspecified atom stereocenters. The van der Waals surface area contributed by atoms with Crippen LogP contribution in [0.4, 0.5) is 9.93 Å². The number of urea groups is 1. The molecule has 0 aromatic carbocycles. The van der Waals surface area contributed by atoms with Crippen LogP contribution in [0.1, 0.15) is 31.9 Å². The van der Waals surface area contributed by atoms with Crippen LogP contribution in [0.15, 0.2) is 5.38 Å². The lowest BCUT2D eigenvalue weighted by Crippen LogP contribution is -2.29. The summed E-state index contributed by atoms with van der Waals surface area (Å²) < 4.78 is 0. The summed E-state index contributed by atoms with van der Waals surface area (Å²) in [4.78, 5) is 25.9. The zero-order chi connectivity index (χ0) is 13.4. The number of thiazole rings is 1. The fourth-order valence-corrected chi connectivity index (χ4v) is 2.02. The second kappa shape index (κ2) is 7.65. The van der Waals surface area contributed by atoms with Crippen LogP contribution in [0, 0.1) is 0 Å². The van der Waals surface area contributed by atoms with Crippen molar-refractivity contribution in [1.29, 1.82) is 0 Å². The smallest absolute Gasteiger partial charge is 0.321 e. The predicted molar refractivity (Wildman–Crippen MR) is 70.0 cm³/mol. The largest absolute Gasteiger partial charge is 0.481 e. The molecule has 100 valence electrons. The molecule has 3 N–H and O–H groups in total. The highest BCUT2D eigenvalue weighted by Gasteiger charge is 2.06. The monoisotopic (exact) mass is 271 g/mol. The average molecular weight is 271 g/mol. The maximum atomic E-state index is 11.4. The quantitative estimate of drug-likeness (QED) is 0.708. The van der Waals surface area contributed by atoms with Gasteiger partial charge in [0.25, 0.3) is 0 Å². The molecule has 0 saturated carbocycles. The molecule has 0 fully saturated rings. The number of hydrogen-bond donors (Lipinski definition) is 3. The fourth-order valence-electron chi connectivity index (χ4n) is 1.28. The van der Waals surface area contributed by atoms with Crippen LogP contribution in [0.2, 0.25) is 0 Å². The van der Waals surface area contributed by atoms with Crippen LogP contribution in [0.3, 0.4) is 0 Å². The first-order chi connectivity index (χ1) is 8.61. The minimum absolute atomic E-state index is 0.136. The molecule has 7 heteroatoms. The molecule has 0 spiro atoms. The van der Waals surface area contributed by atoms with E-state index in [1.165, 1.54) is 11.3 Å². The lowest BCUT2D eigenvalue weighted by molar-refractivity contribution is -0.137. The molecule has 0 bridgehead atoms. The Morgan fingerprint density at radius 3 is 2.94 bits per heavy atom. The SMILES string of the molecule is CCCNC(=O)Nc1nc(CCCC(=O)O)cs1. The fraction of sp³-hybridized carbons (Fsp3) is 0.545. The van der Waals surface area contributed by atoms with Crippen LogP contribution in [-0.2, 0) is 11.2 Å². The molecule has 18 heavy (non-hydrogen) atoms. The van der Waals surface area contributed by atoms with Crippen LogP contribution in [0.25, 0.3) is 0 Å². The number of aryl methyl sites for hydroxylation is 1. The number of nitrogens with zero attached hydrogens (tertiary/aromatic N) is 1. The van der Waals surface area contributed by atoms with Gasteiger partial charge in [-0.2, -0.15) is 0 Å². The van der Waals surface area contributed by atoms with Crippen molar-refractivity contribution < 1.29 is 14.7 Å². The average Bonchev–Trinajstić information content (AvgIpc) is 2.73. The topological polar surface area (TPSA) is 91.3 Å². The van der Waals surface area contributed by atoms with E-state index in [1.54, 1.807) is 0 Å². The number of hydrogen-bond acceptors (Lipinski definition) is 4. The molecule has 0 aliphatic rings. The number of nitrogens with one attached hydrogen (secondary N) is 2. The highest BCUT2D eigenvalue weighted by molar-refractivity contribution is 7.13. The molecule has 2 amide bonds. The lowest BCUT2D eigenvalue weighted by atomic mass is 10.2. The Morgan fingerprint density at radius 2 is 2.28 bits per heavy atom. The van der Waals surface area contributed by atoms with Crippen molar-refractivity contribution in [3.8, 4) is 0 Å². The van der Waals surface area contributed by atoms with E-state index in [9.17, 15) is 9.59 Å². The Hall–Kier alpha value is -1.63. The summed E-state index contributed by atoms with van der Waals surface area (Å²) in [5.74, 6) is -0.803. The van der Waals surface area contributed by atoms with Gasteiger partial charge >= 0.3 is 12.0 Å². The van der Waals surface area contributed by atoms with E-state index in [1.807, 2.05) is 12.3 Å². The van der Waals surface area contributed by atoms with Crippen molar-refractivity contribution in [3.05, 3.63) is 11.1 Å². The molecular formula is C11H17N3O3S. The van der Waals surface area contributed by atoms with Crippen LogP contribution in [0.5, 0.6) is 0 Å². The molecule has 0 saturated heterocycles. The van der Waals surface area contributed by atoms with E-state index >= 15 is 0 Å². The molecule has 0 atom stereocenters. The molecule has 1 heterocycles. The van der Waals surface area contributed by atoms with Crippen molar-refractivity contribution in [3.63, 3.8) is 0 Å². The molecular weight excluding hydrogens is 254 g/mol. The third-order valence-electron chi connectivity index (χ3n) is 2.13. The molecule has 6 nitrogen and oxygen atoms in total. The van der Waals surface area contributed by atoms with Gasteiger partial charge in [-0.05, 0) is 19.3 Å². The van der Waals surface area contributed by atoms with E-state index in [0.29, 0.717) is 24.5 Å². The van der Waals surface area contributed by atoms with Gasteiger partial charge < -0.3 is 10.4 Å². The van der Waals surface area contributed by atoms with Crippen molar-refractivity contribution in [2.45, 2.75) is 32.6 Å². The lowest BCUT2D eigenvalue weighted by Gasteiger charge is -2.02. The Bertz CT molecular complexity index is 406. The molecule has 1 rings (SSSR count). The highest BCUT2D eigenvalue weighted by Crippen LogP contribution is 2.16. The van der Waals surface area contributed by atoms with E-state index in [2.05, 4.69) is 15.6 Å². The Balaban J connectivity index is 2.33. The summed E-state index contributed by atoms with van der Waals surface area (Å²) >= 11 is 1.34. The Kier molecular flexibility index (Phi) is 6.13. The van der Waals surface area contributed by atoms with Gasteiger partial charge in [-0.15, -0.1) is 11.3 Å². The molecule has 1 aromatic rings. The van der Waals surface area contributed by atoms with Gasteiger partial charge in [0, 0.05) is 18.3 Å². The second-order valence-electron chi connectivity index (χ2n) is 3.77. The van der Waals surface area contributed by atoms with Gasteiger partial charge in [0.05, 0.1) is 5.69 Å². The minimum atomic E-state index is -0.803. The number of anilines is 1. The highest BCUT2D eigenvalue weighted by atomic mass is 32.1. The number of aliphatic carboxylic acids is 1. The Labute approximate surface area is 109 Å². The van der Waals surface area contributed by atoms with Crippen LogP contribution < -0.4 is 10.6 Å². The van der Waals surface area contributed by atoms with Gasteiger partial charge in [0.15, 0.2) is 5.13 Å². The summed E-state index contributed by atoms with van der Waals surface area (Å²) in [7, 11) is 0. The maximum Gasteiger partial charge on any atom is 0.321 e. The van der Waals surface area contributed by atoms with Crippen molar-refractivity contribution in [2.75, 3.05) is 11.9 Å². The predicted octanol–water partition coefficient (Wildman–Crippen LogP) is 2.08. The summed E-state index contributed by atoms with van der Waals surface area (Å²) in [6.07, 6.45) is 2.19. The van der Waals surface area contributed by atoms with Crippen molar-refractivity contribution in [2.24, 2.45) is 0 Å². The van der Waals surface area contributed by atoms with Gasteiger partial charge in [-0.25, -0.2) is 9.78 Å². The number of aromatic nitrogens is 1.